The second kappa shape index (κ2) is 5.25. The molecule has 0 bridgehead atoms. The summed E-state index contributed by atoms with van der Waals surface area (Å²) in [4.78, 5) is 10.9. The van der Waals surface area contributed by atoms with Gasteiger partial charge in [-0.15, -0.1) is 0 Å². The van der Waals surface area contributed by atoms with E-state index in [1.807, 2.05) is 0 Å². The van der Waals surface area contributed by atoms with Crippen molar-refractivity contribution in [3.05, 3.63) is 22.2 Å². The Morgan fingerprint density at radius 2 is 2.06 bits per heavy atom. The van der Waals surface area contributed by atoms with Gasteiger partial charge in [0.1, 0.15) is 6.04 Å². The van der Waals surface area contributed by atoms with E-state index in [-0.39, 0.29) is 10.8 Å². The molecule has 0 aromatic heterocycles. The third-order valence-corrected chi connectivity index (χ3v) is 2.81. The summed E-state index contributed by atoms with van der Waals surface area (Å²) in [5.41, 5.74) is 6.55. The molecule has 0 saturated carbocycles. The van der Waals surface area contributed by atoms with Crippen molar-refractivity contribution in [2.24, 2.45) is 5.73 Å². The van der Waals surface area contributed by atoms with E-state index in [0.717, 1.165) is 0 Å². The predicted molar refractivity (Wildman–Crippen MR) is 63.9 cm³/mol. The summed E-state index contributed by atoms with van der Waals surface area (Å²) < 4.78 is 10.2. The van der Waals surface area contributed by atoms with Crippen LogP contribution in [0, 0.1) is 6.92 Å². The van der Waals surface area contributed by atoms with Gasteiger partial charge >= 0.3 is 5.97 Å². The minimum absolute atomic E-state index is 0.166. The van der Waals surface area contributed by atoms with E-state index in [2.05, 4.69) is 0 Å². The number of carboxylic acids is 1. The molecule has 1 rings (SSSR count). The number of hydrogen-bond donors (Lipinski definition) is 2. The van der Waals surface area contributed by atoms with Crippen LogP contribution in [0.1, 0.15) is 17.2 Å². The molecule has 0 radical (unpaired) electrons. The molecule has 0 aliphatic rings. The highest BCUT2D eigenvalue weighted by atomic mass is 35.5. The Labute approximate surface area is 104 Å². The SMILES string of the molecule is COc1cc(C)c(C(N)C(=O)O)c(Cl)c1OC. The zero-order valence-corrected chi connectivity index (χ0v) is 10.5. The number of carbonyl (C=O) groups is 1. The van der Waals surface area contributed by atoms with Gasteiger partial charge in [-0.1, -0.05) is 11.6 Å². The first kappa shape index (κ1) is 13.6. The molecule has 0 aliphatic carbocycles. The third-order valence-electron chi connectivity index (χ3n) is 2.43. The molecule has 0 amide bonds. The fourth-order valence-electron chi connectivity index (χ4n) is 1.59. The van der Waals surface area contributed by atoms with Gasteiger partial charge in [-0.05, 0) is 18.6 Å². The average molecular weight is 260 g/mol. The Morgan fingerprint density at radius 1 is 1.47 bits per heavy atom. The number of aryl methyl sites for hydroxylation is 1. The van der Waals surface area contributed by atoms with Crippen LogP contribution in [-0.4, -0.2) is 25.3 Å². The van der Waals surface area contributed by atoms with Crippen LogP contribution in [0.5, 0.6) is 11.5 Å². The number of nitrogens with two attached hydrogens (primary N) is 1. The number of methoxy groups -OCH3 is 2. The summed E-state index contributed by atoms with van der Waals surface area (Å²) in [6, 6.07) is 0.449. The van der Waals surface area contributed by atoms with E-state index in [1.165, 1.54) is 14.2 Å². The summed E-state index contributed by atoms with van der Waals surface area (Å²) in [6.45, 7) is 1.71. The van der Waals surface area contributed by atoms with Gasteiger partial charge in [0.05, 0.1) is 19.2 Å². The molecule has 0 fully saturated rings. The second-order valence-corrected chi connectivity index (χ2v) is 3.85. The summed E-state index contributed by atoms with van der Waals surface area (Å²) in [6.07, 6.45) is 0. The maximum absolute atomic E-state index is 10.9. The van der Waals surface area contributed by atoms with Crippen molar-refractivity contribution in [2.75, 3.05) is 14.2 Å². The molecule has 5 nitrogen and oxygen atoms in total. The number of hydrogen-bond acceptors (Lipinski definition) is 4. The van der Waals surface area contributed by atoms with Crippen LogP contribution in [0.3, 0.4) is 0 Å². The molecule has 0 spiro atoms. The molecule has 0 aliphatic heterocycles. The van der Waals surface area contributed by atoms with E-state index in [9.17, 15) is 4.79 Å². The largest absolute Gasteiger partial charge is 0.493 e. The quantitative estimate of drug-likeness (QED) is 0.861. The van der Waals surface area contributed by atoms with Crippen molar-refractivity contribution in [3.8, 4) is 11.5 Å². The lowest BCUT2D eigenvalue weighted by atomic mass is 10.0. The Balaban J connectivity index is 3.47. The van der Waals surface area contributed by atoms with Crippen molar-refractivity contribution < 1.29 is 19.4 Å². The fourth-order valence-corrected chi connectivity index (χ4v) is 2.03. The molecule has 1 atom stereocenters. The molecule has 0 saturated heterocycles. The molecule has 1 aromatic carbocycles. The first-order chi connectivity index (χ1) is 7.93. The van der Waals surface area contributed by atoms with Gasteiger partial charge in [-0.2, -0.15) is 0 Å². The molecule has 94 valence electrons. The van der Waals surface area contributed by atoms with E-state index in [4.69, 9.17) is 31.9 Å². The number of rotatable bonds is 4. The second-order valence-electron chi connectivity index (χ2n) is 3.47. The van der Waals surface area contributed by atoms with Crippen LogP contribution in [0.4, 0.5) is 0 Å². The normalized spacial score (nSPS) is 12.1. The molecule has 1 aromatic rings. The van der Waals surface area contributed by atoms with E-state index >= 15 is 0 Å². The maximum atomic E-state index is 10.9. The third kappa shape index (κ3) is 2.45. The Bertz CT molecular complexity index is 448. The summed E-state index contributed by atoms with van der Waals surface area (Å²) in [7, 11) is 2.90. The zero-order chi connectivity index (χ0) is 13.2. The smallest absolute Gasteiger partial charge is 0.325 e. The number of benzene rings is 1. The highest BCUT2D eigenvalue weighted by molar-refractivity contribution is 6.33. The standard InChI is InChI=1S/C11H14ClNO4/c1-5-4-6(16-2)10(17-3)8(12)7(5)9(13)11(14)15/h4,9H,13H2,1-3H3,(H,14,15). The van der Waals surface area contributed by atoms with Gasteiger partial charge in [0.25, 0.3) is 0 Å². The van der Waals surface area contributed by atoms with Gasteiger partial charge in [-0.25, -0.2) is 0 Å². The minimum Gasteiger partial charge on any atom is -0.493 e. The van der Waals surface area contributed by atoms with Crippen molar-refractivity contribution in [1.82, 2.24) is 0 Å². The molecular formula is C11H14ClNO4. The molecule has 1 unspecified atom stereocenters. The Hall–Kier alpha value is -1.46. The monoisotopic (exact) mass is 259 g/mol. The summed E-state index contributed by atoms with van der Waals surface area (Å²) >= 11 is 6.09. The minimum atomic E-state index is -1.19. The summed E-state index contributed by atoms with van der Waals surface area (Å²) in [5, 5.41) is 9.08. The van der Waals surface area contributed by atoms with Gasteiger partial charge in [0, 0.05) is 5.56 Å². The average Bonchev–Trinajstić information content (AvgIpc) is 2.27. The lowest BCUT2D eigenvalue weighted by Crippen LogP contribution is -2.22. The number of aliphatic carboxylic acids is 1. The fraction of sp³-hybridized carbons (Fsp3) is 0.364. The number of carboxylic acid groups (broad SMARTS) is 1. The molecule has 3 N–H and O–H groups in total. The van der Waals surface area contributed by atoms with Gasteiger partial charge in [-0.3, -0.25) is 4.79 Å². The van der Waals surface area contributed by atoms with Crippen molar-refractivity contribution >= 4 is 17.6 Å². The first-order valence-electron chi connectivity index (χ1n) is 4.83. The van der Waals surface area contributed by atoms with Gasteiger partial charge in [0.15, 0.2) is 11.5 Å². The maximum Gasteiger partial charge on any atom is 0.325 e. The highest BCUT2D eigenvalue weighted by Gasteiger charge is 2.24. The Morgan fingerprint density at radius 3 is 2.47 bits per heavy atom. The lowest BCUT2D eigenvalue weighted by molar-refractivity contribution is -0.138. The molecular weight excluding hydrogens is 246 g/mol. The van der Waals surface area contributed by atoms with E-state index < -0.39 is 12.0 Å². The van der Waals surface area contributed by atoms with Crippen LogP contribution < -0.4 is 15.2 Å². The van der Waals surface area contributed by atoms with Gasteiger partial charge < -0.3 is 20.3 Å². The lowest BCUT2D eigenvalue weighted by Gasteiger charge is -2.17. The van der Waals surface area contributed by atoms with Crippen molar-refractivity contribution in [3.63, 3.8) is 0 Å². The van der Waals surface area contributed by atoms with Crippen molar-refractivity contribution in [2.45, 2.75) is 13.0 Å². The van der Waals surface area contributed by atoms with Crippen molar-refractivity contribution in [1.29, 1.82) is 0 Å². The molecule has 6 heteroatoms. The van der Waals surface area contributed by atoms with Crippen LogP contribution in [0.2, 0.25) is 5.02 Å². The highest BCUT2D eigenvalue weighted by Crippen LogP contribution is 2.41. The first-order valence-corrected chi connectivity index (χ1v) is 5.21. The van der Waals surface area contributed by atoms with E-state index in [1.54, 1.807) is 13.0 Å². The summed E-state index contributed by atoms with van der Waals surface area (Å²) in [5.74, 6) is -0.426. The van der Waals surface area contributed by atoms with E-state index in [0.29, 0.717) is 16.9 Å². The molecule has 0 heterocycles. The van der Waals surface area contributed by atoms with Gasteiger partial charge in [0.2, 0.25) is 0 Å². The van der Waals surface area contributed by atoms with Crippen LogP contribution in [0.15, 0.2) is 6.07 Å². The van der Waals surface area contributed by atoms with Crippen LogP contribution in [-0.2, 0) is 4.79 Å². The zero-order valence-electron chi connectivity index (χ0n) is 9.78. The van der Waals surface area contributed by atoms with Crippen LogP contribution >= 0.6 is 11.6 Å². The number of ether oxygens (including phenoxy) is 2. The van der Waals surface area contributed by atoms with Crippen LogP contribution in [0.25, 0.3) is 0 Å². The predicted octanol–water partition coefficient (Wildman–Crippen LogP) is 1.75. The topological polar surface area (TPSA) is 81.8 Å². The Kier molecular flexibility index (Phi) is 4.20. The molecule has 17 heavy (non-hydrogen) atoms. The number of halogens is 1.